The molecular formula is C21H20Cl2N4O4. The number of carbonyl (C=O) groups is 4. The SMILES string of the molecule is CC1(c2ccc(Cl)cc2Cl)NC(=O)N(CCC(=O)NC(=O)NCc2ccccc2)C1=O. The lowest BCUT2D eigenvalue weighted by Crippen LogP contribution is -2.42. The molecule has 10 heteroatoms. The number of halogens is 2. The molecule has 1 heterocycles. The predicted octanol–water partition coefficient (Wildman–Crippen LogP) is 3.18. The van der Waals surface area contributed by atoms with Crippen molar-refractivity contribution in [2.45, 2.75) is 25.4 Å². The van der Waals surface area contributed by atoms with E-state index in [9.17, 15) is 19.2 Å². The Labute approximate surface area is 188 Å². The Balaban J connectivity index is 1.55. The minimum atomic E-state index is -1.39. The first-order chi connectivity index (χ1) is 14.7. The Bertz CT molecular complexity index is 1030. The van der Waals surface area contributed by atoms with Crippen molar-refractivity contribution >= 4 is 47.1 Å². The fourth-order valence-electron chi connectivity index (χ4n) is 3.20. The number of rotatable bonds is 6. The molecule has 6 amide bonds. The smallest absolute Gasteiger partial charge is 0.325 e. The molecule has 1 fully saturated rings. The predicted molar refractivity (Wildman–Crippen MR) is 115 cm³/mol. The molecule has 0 radical (unpaired) electrons. The molecular weight excluding hydrogens is 443 g/mol. The number of imide groups is 2. The van der Waals surface area contributed by atoms with Crippen molar-refractivity contribution in [2.24, 2.45) is 0 Å². The van der Waals surface area contributed by atoms with Gasteiger partial charge in [0.1, 0.15) is 5.54 Å². The molecule has 0 bridgehead atoms. The molecule has 2 aromatic carbocycles. The zero-order valence-corrected chi connectivity index (χ0v) is 18.1. The highest BCUT2D eigenvalue weighted by molar-refractivity contribution is 6.35. The number of hydrogen-bond donors (Lipinski definition) is 3. The number of carbonyl (C=O) groups excluding carboxylic acids is 4. The van der Waals surface area contributed by atoms with E-state index < -0.39 is 29.4 Å². The first kappa shape index (κ1) is 22.6. The van der Waals surface area contributed by atoms with Gasteiger partial charge in [0.15, 0.2) is 0 Å². The Morgan fingerprint density at radius 3 is 2.48 bits per heavy atom. The summed E-state index contributed by atoms with van der Waals surface area (Å²) in [6.07, 6.45) is -0.234. The van der Waals surface area contributed by atoms with Gasteiger partial charge in [0.2, 0.25) is 5.91 Å². The van der Waals surface area contributed by atoms with Crippen LogP contribution in [0.3, 0.4) is 0 Å². The number of benzene rings is 2. The van der Waals surface area contributed by atoms with Crippen LogP contribution in [0.2, 0.25) is 10.0 Å². The van der Waals surface area contributed by atoms with Crippen LogP contribution >= 0.6 is 23.2 Å². The maximum atomic E-state index is 12.9. The highest BCUT2D eigenvalue weighted by atomic mass is 35.5. The van der Waals surface area contributed by atoms with Crippen LogP contribution in [0.1, 0.15) is 24.5 Å². The van der Waals surface area contributed by atoms with Crippen molar-refractivity contribution in [3.63, 3.8) is 0 Å². The van der Waals surface area contributed by atoms with Crippen LogP contribution in [0.5, 0.6) is 0 Å². The molecule has 3 rings (SSSR count). The maximum Gasteiger partial charge on any atom is 0.325 e. The third-order valence-corrected chi connectivity index (χ3v) is 5.40. The lowest BCUT2D eigenvalue weighted by atomic mass is 9.92. The molecule has 162 valence electrons. The molecule has 2 aromatic rings. The third kappa shape index (κ3) is 5.15. The molecule has 1 aliphatic heterocycles. The van der Waals surface area contributed by atoms with Crippen molar-refractivity contribution in [3.8, 4) is 0 Å². The second-order valence-corrected chi connectivity index (χ2v) is 7.95. The number of hydrogen-bond acceptors (Lipinski definition) is 4. The molecule has 0 aliphatic carbocycles. The van der Waals surface area contributed by atoms with Gasteiger partial charge in [-0.15, -0.1) is 0 Å². The van der Waals surface area contributed by atoms with Gasteiger partial charge in [-0.1, -0.05) is 59.6 Å². The minimum Gasteiger partial charge on any atom is -0.334 e. The zero-order valence-electron chi connectivity index (χ0n) is 16.6. The largest absolute Gasteiger partial charge is 0.334 e. The number of amides is 6. The van der Waals surface area contributed by atoms with E-state index in [0.29, 0.717) is 10.6 Å². The monoisotopic (exact) mass is 462 g/mol. The first-order valence-corrected chi connectivity index (χ1v) is 10.2. The average molecular weight is 463 g/mol. The molecule has 1 saturated heterocycles. The van der Waals surface area contributed by atoms with Gasteiger partial charge >= 0.3 is 12.1 Å². The molecule has 0 aromatic heterocycles. The van der Waals surface area contributed by atoms with Gasteiger partial charge in [-0.3, -0.25) is 19.8 Å². The van der Waals surface area contributed by atoms with Crippen LogP contribution in [-0.2, 0) is 21.7 Å². The Morgan fingerprint density at radius 1 is 1.10 bits per heavy atom. The number of nitrogens with zero attached hydrogens (tertiary/aromatic N) is 1. The Morgan fingerprint density at radius 2 is 1.81 bits per heavy atom. The zero-order chi connectivity index (χ0) is 22.6. The van der Waals surface area contributed by atoms with E-state index in [1.54, 1.807) is 12.1 Å². The standard InChI is InChI=1S/C21H20Cl2N4O4/c1-21(15-8-7-14(22)11-16(15)23)18(29)27(20(31)26-21)10-9-17(28)25-19(30)24-12-13-5-3-2-4-6-13/h2-8,11H,9-10,12H2,1H3,(H,26,31)(H2,24,25,28,30). The van der Waals surface area contributed by atoms with Crippen molar-refractivity contribution < 1.29 is 19.2 Å². The minimum absolute atomic E-state index is 0.191. The Hall–Kier alpha value is -3.10. The summed E-state index contributed by atoms with van der Waals surface area (Å²) in [5.74, 6) is -1.17. The van der Waals surface area contributed by atoms with E-state index in [-0.39, 0.29) is 24.5 Å². The molecule has 8 nitrogen and oxygen atoms in total. The molecule has 1 atom stereocenters. The van der Waals surface area contributed by atoms with Crippen LogP contribution in [0.4, 0.5) is 9.59 Å². The molecule has 3 N–H and O–H groups in total. The van der Waals surface area contributed by atoms with Gasteiger partial charge in [-0.25, -0.2) is 9.59 Å². The van der Waals surface area contributed by atoms with Gasteiger partial charge < -0.3 is 10.6 Å². The van der Waals surface area contributed by atoms with Gasteiger partial charge in [-0.2, -0.15) is 0 Å². The first-order valence-electron chi connectivity index (χ1n) is 9.42. The lowest BCUT2D eigenvalue weighted by Gasteiger charge is -2.23. The van der Waals surface area contributed by atoms with Crippen LogP contribution in [0.15, 0.2) is 48.5 Å². The summed E-state index contributed by atoms with van der Waals surface area (Å²) in [5, 5.41) is 7.98. The second-order valence-electron chi connectivity index (χ2n) is 7.10. The van der Waals surface area contributed by atoms with Gasteiger partial charge in [0, 0.05) is 35.1 Å². The van der Waals surface area contributed by atoms with Gasteiger partial charge in [0.05, 0.1) is 0 Å². The van der Waals surface area contributed by atoms with E-state index in [0.717, 1.165) is 10.5 Å². The fraction of sp³-hybridized carbons (Fsp3) is 0.238. The normalized spacial score (nSPS) is 18.0. The topological polar surface area (TPSA) is 108 Å². The highest BCUT2D eigenvalue weighted by Crippen LogP contribution is 2.34. The molecule has 1 aliphatic rings. The summed E-state index contributed by atoms with van der Waals surface area (Å²) < 4.78 is 0. The number of urea groups is 2. The number of nitrogens with one attached hydrogen (secondary N) is 3. The fourth-order valence-corrected chi connectivity index (χ4v) is 3.80. The quantitative estimate of drug-likeness (QED) is 0.572. The van der Waals surface area contributed by atoms with Crippen LogP contribution in [0, 0.1) is 0 Å². The third-order valence-electron chi connectivity index (χ3n) is 4.86. The van der Waals surface area contributed by atoms with Crippen molar-refractivity contribution in [1.82, 2.24) is 20.9 Å². The van der Waals surface area contributed by atoms with E-state index in [1.165, 1.54) is 13.0 Å². The van der Waals surface area contributed by atoms with Gasteiger partial charge in [0.25, 0.3) is 5.91 Å². The summed E-state index contributed by atoms with van der Waals surface area (Å²) in [6, 6.07) is 12.5. The van der Waals surface area contributed by atoms with E-state index in [4.69, 9.17) is 23.2 Å². The Kier molecular flexibility index (Phi) is 6.82. The molecule has 1 unspecified atom stereocenters. The molecule has 0 spiro atoms. The summed E-state index contributed by atoms with van der Waals surface area (Å²) in [6.45, 7) is 1.59. The van der Waals surface area contributed by atoms with Crippen molar-refractivity contribution in [2.75, 3.05) is 6.54 Å². The van der Waals surface area contributed by atoms with E-state index in [2.05, 4.69) is 16.0 Å². The summed E-state index contributed by atoms with van der Waals surface area (Å²) in [5.41, 5.74) is -0.115. The van der Waals surface area contributed by atoms with Crippen LogP contribution in [0.25, 0.3) is 0 Å². The van der Waals surface area contributed by atoms with Crippen LogP contribution < -0.4 is 16.0 Å². The highest BCUT2D eigenvalue weighted by Gasteiger charge is 2.49. The summed E-state index contributed by atoms with van der Waals surface area (Å²) in [4.78, 5) is 50.1. The summed E-state index contributed by atoms with van der Waals surface area (Å²) in [7, 11) is 0. The second kappa shape index (κ2) is 9.36. The van der Waals surface area contributed by atoms with Crippen molar-refractivity contribution in [3.05, 3.63) is 69.7 Å². The van der Waals surface area contributed by atoms with E-state index in [1.807, 2.05) is 30.3 Å². The van der Waals surface area contributed by atoms with Gasteiger partial charge in [-0.05, 0) is 24.6 Å². The lowest BCUT2D eigenvalue weighted by molar-refractivity contribution is -0.131. The van der Waals surface area contributed by atoms with Crippen LogP contribution in [-0.4, -0.2) is 35.3 Å². The maximum absolute atomic E-state index is 12.9. The molecule has 0 saturated carbocycles. The van der Waals surface area contributed by atoms with E-state index >= 15 is 0 Å². The average Bonchev–Trinajstić information content (AvgIpc) is 2.94. The molecule has 31 heavy (non-hydrogen) atoms. The summed E-state index contributed by atoms with van der Waals surface area (Å²) >= 11 is 12.1. The van der Waals surface area contributed by atoms with Crippen molar-refractivity contribution in [1.29, 1.82) is 0 Å².